The molecule has 1 amide bonds. The highest BCUT2D eigenvalue weighted by atomic mass is 79.9. The van der Waals surface area contributed by atoms with E-state index in [0.717, 1.165) is 10.0 Å². The van der Waals surface area contributed by atoms with Gasteiger partial charge in [0.05, 0.1) is 0 Å². The van der Waals surface area contributed by atoms with Crippen LogP contribution in [0.25, 0.3) is 0 Å². The van der Waals surface area contributed by atoms with Gasteiger partial charge in [-0.05, 0) is 36.7 Å². The highest BCUT2D eigenvalue weighted by molar-refractivity contribution is 9.10. The van der Waals surface area contributed by atoms with Crippen molar-refractivity contribution in [3.8, 4) is 5.88 Å². The average molecular weight is 383 g/mol. The normalized spacial score (nSPS) is 10.2. The molecule has 0 aliphatic heterocycles. The van der Waals surface area contributed by atoms with E-state index in [-0.39, 0.29) is 12.5 Å². The molecule has 1 aromatic carbocycles. The zero-order valence-electron chi connectivity index (χ0n) is 12.6. The van der Waals surface area contributed by atoms with Crippen molar-refractivity contribution in [1.82, 2.24) is 5.16 Å². The van der Waals surface area contributed by atoms with E-state index in [9.17, 15) is 9.59 Å². The number of aryl methyl sites for hydroxylation is 2. The molecule has 0 aliphatic carbocycles. The number of benzene rings is 1. The minimum atomic E-state index is -0.675. The summed E-state index contributed by atoms with van der Waals surface area (Å²) in [5, 5.41) is 6.19. The van der Waals surface area contributed by atoms with Gasteiger partial charge < -0.3 is 19.3 Å². The molecular formula is C15H15BrN2O5. The van der Waals surface area contributed by atoms with Crippen LogP contribution in [0, 0.1) is 13.8 Å². The molecule has 1 heterocycles. The molecule has 1 aromatic heterocycles. The predicted molar refractivity (Wildman–Crippen MR) is 85.2 cm³/mol. The predicted octanol–water partition coefficient (Wildman–Crippen LogP) is 2.61. The summed E-state index contributed by atoms with van der Waals surface area (Å²) in [5.41, 5.74) is 1.66. The van der Waals surface area contributed by atoms with E-state index >= 15 is 0 Å². The van der Waals surface area contributed by atoms with Gasteiger partial charge in [-0.1, -0.05) is 22.0 Å². The standard InChI is InChI=1S/C15H15BrN2O5/c1-9-3-4-11(6-12(9)16)17-13(19)7-22-15(20)8-21-14-5-10(2)23-18-14/h3-6H,7-8H2,1-2H3,(H,17,19). The molecule has 0 saturated carbocycles. The molecule has 2 rings (SSSR count). The van der Waals surface area contributed by atoms with Gasteiger partial charge in [-0.3, -0.25) is 4.79 Å². The molecule has 0 unspecified atom stereocenters. The Hall–Kier alpha value is -2.35. The average Bonchev–Trinajstić information content (AvgIpc) is 2.92. The molecular weight excluding hydrogens is 368 g/mol. The Balaban J connectivity index is 1.73. The maximum atomic E-state index is 11.7. The fourth-order valence-electron chi connectivity index (χ4n) is 1.60. The summed E-state index contributed by atoms with van der Waals surface area (Å²) < 4.78 is 15.5. The van der Waals surface area contributed by atoms with Gasteiger partial charge in [0.1, 0.15) is 5.76 Å². The van der Waals surface area contributed by atoms with E-state index in [1.165, 1.54) is 6.07 Å². The van der Waals surface area contributed by atoms with Crippen LogP contribution in [-0.2, 0) is 14.3 Å². The van der Waals surface area contributed by atoms with Gasteiger partial charge in [0.25, 0.3) is 11.8 Å². The van der Waals surface area contributed by atoms with Crippen molar-refractivity contribution in [3.63, 3.8) is 0 Å². The number of aromatic nitrogens is 1. The number of nitrogens with zero attached hydrogens (tertiary/aromatic N) is 1. The van der Waals surface area contributed by atoms with Crippen molar-refractivity contribution in [2.75, 3.05) is 18.5 Å². The first kappa shape index (κ1) is 17.0. The monoisotopic (exact) mass is 382 g/mol. The van der Waals surface area contributed by atoms with Crippen molar-refractivity contribution in [2.45, 2.75) is 13.8 Å². The van der Waals surface area contributed by atoms with Gasteiger partial charge in [-0.2, -0.15) is 0 Å². The molecule has 23 heavy (non-hydrogen) atoms. The third-order valence-electron chi connectivity index (χ3n) is 2.76. The maximum absolute atomic E-state index is 11.7. The lowest BCUT2D eigenvalue weighted by Gasteiger charge is -2.08. The van der Waals surface area contributed by atoms with Crippen LogP contribution in [0.5, 0.6) is 5.88 Å². The summed E-state index contributed by atoms with van der Waals surface area (Å²) in [7, 11) is 0. The molecule has 8 heteroatoms. The first-order chi connectivity index (χ1) is 10.9. The third-order valence-corrected chi connectivity index (χ3v) is 3.62. The van der Waals surface area contributed by atoms with Crippen LogP contribution < -0.4 is 10.1 Å². The van der Waals surface area contributed by atoms with Gasteiger partial charge in [0.15, 0.2) is 13.2 Å². The van der Waals surface area contributed by atoms with Crippen LogP contribution >= 0.6 is 15.9 Å². The number of ether oxygens (including phenoxy) is 2. The number of hydrogen-bond donors (Lipinski definition) is 1. The van der Waals surface area contributed by atoms with Crippen LogP contribution in [0.2, 0.25) is 0 Å². The largest absolute Gasteiger partial charge is 0.463 e. The van der Waals surface area contributed by atoms with E-state index in [1.807, 2.05) is 13.0 Å². The summed E-state index contributed by atoms with van der Waals surface area (Å²) >= 11 is 3.38. The van der Waals surface area contributed by atoms with Crippen molar-refractivity contribution in [1.29, 1.82) is 0 Å². The Labute approximate surface area is 141 Å². The molecule has 0 bridgehead atoms. The zero-order valence-corrected chi connectivity index (χ0v) is 14.2. The Bertz CT molecular complexity index is 714. The topological polar surface area (TPSA) is 90.7 Å². The lowest BCUT2D eigenvalue weighted by atomic mass is 10.2. The summed E-state index contributed by atoms with van der Waals surface area (Å²) in [5.74, 6) is -0.359. The molecule has 122 valence electrons. The molecule has 0 spiro atoms. The quantitative estimate of drug-likeness (QED) is 0.772. The summed E-state index contributed by atoms with van der Waals surface area (Å²) in [6.45, 7) is 2.89. The van der Waals surface area contributed by atoms with Gasteiger partial charge >= 0.3 is 5.97 Å². The molecule has 7 nitrogen and oxygen atoms in total. The number of esters is 1. The molecule has 1 N–H and O–H groups in total. The summed E-state index contributed by atoms with van der Waals surface area (Å²) in [6.07, 6.45) is 0. The lowest BCUT2D eigenvalue weighted by Crippen LogP contribution is -2.23. The number of amides is 1. The minimum absolute atomic E-state index is 0.188. The van der Waals surface area contributed by atoms with Crippen LogP contribution in [-0.4, -0.2) is 30.2 Å². The third kappa shape index (κ3) is 5.41. The lowest BCUT2D eigenvalue weighted by molar-refractivity contribution is -0.149. The minimum Gasteiger partial charge on any atom is -0.463 e. The number of halogens is 1. The van der Waals surface area contributed by atoms with Gasteiger partial charge in [0.2, 0.25) is 0 Å². The van der Waals surface area contributed by atoms with Crippen LogP contribution in [0.1, 0.15) is 11.3 Å². The molecule has 0 aliphatic rings. The van der Waals surface area contributed by atoms with E-state index in [2.05, 4.69) is 26.4 Å². The van der Waals surface area contributed by atoms with Crippen molar-refractivity contribution in [2.24, 2.45) is 0 Å². The Morgan fingerprint density at radius 1 is 1.26 bits per heavy atom. The highest BCUT2D eigenvalue weighted by Gasteiger charge is 2.10. The smallest absolute Gasteiger partial charge is 0.344 e. The summed E-state index contributed by atoms with van der Waals surface area (Å²) in [6, 6.07) is 6.93. The first-order valence-corrected chi connectivity index (χ1v) is 7.51. The van der Waals surface area contributed by atoms with Crippen LogP contribution in [0.15, 0.2) is 33.3 Å². The van der Waals surface area contributed by atoms with Gasteiger partial charge in [-0.15, -0.1) is 0 Å². The summed E-state index contributed by atoms with van der Waals surface area (Å²) in [4.78, 5) is 23.2. The fourth-order valence-corrected chi connectivity index (χ4v) is 1.98. The van der Waals surface area contributed by atoms with Gasteiger partial charge in [0, 0.05) is 16.2 Å². The SMILES string of the molecule is Cc1cc(OCC(=O)OCC(=O)Nc2ccc(C)c(Br)c2)no1. The molecule has 2 aromatic rings. The fraction of sp³-hybridized carbons (Fsp3) is 0.267. The van der Waals surface area contributed by atoms with Crippen molar-refractivity contribution < 1.29 is 23.6 Å². The number of hydrogen-bond acceptors (Lipinski definition) is 6. The molecule has 0 atom stereocenters. The zero-order chi connectivity index (χ0) is 16.8. The van der Waals surface area contributed by atoms with E-state index in [1.54, 1.807) is 19.1 Å². The first-order valence-electron chi connectivity index (χ1n) is 6.72. The number of anilines is 1. The van der Waals surface area contributed by atoms with Crippen LogP contribution in [0.3, 0.4) is 0 Å². The Morgan fingerprint density at radius 2 is 2.04 bits per heavy atom. The van der Waals surface area contributed by atoms with Crippen LogP contribution in [0.4, 0.5) is 5.69 Å². The Morgan fingerprint density at radius 3 is 2.70 bits per heavy atom. The second-order valence-corrected chi connectivity index (χ2v) is 5.59. The van der Waals surface area contributed by atoms with E-state index in [0.29, 0.717) is 11.4 Å². The number of rotatable bonds is 6. The number of nitrogens with one attached hydrogen (secondary N) is 1. The second kappa shape index (κ2) is 7.77. The maximum Gasteiger partial charge on any atom is 0.344 e. The number of carbonyl (C=O) groups is 2. The molecule has 0 fully saturated rings. The number of carbonyl (C=O) groups excluding carboxylic acids is 2. The molecule has 0 radical (unpaired) electrons. The Kier molecular flexibility index (Phi) is 5.75. The van der Waals surface area contributed by atoms with E-state index < -0.39 is 18.5 Å². The second-order valence-electron chi connectivity index (χ2n) is 4.74. The van der Waals surface area contributed by atoms with Crippen molar-refractivity contribution in [3.05, 3.63) is 40.1 Å². The van der Waals surface area contributed by atoms with Crippen molar-refractivity contribution >= 4 is 33.5 Å². The van der Waals surface area contributed by atoms with Gasteiger partial charge in [-0.25, -0.2) is 4.79 Å². The van der Waals surface area contributed by atoms with E-state index in [4.69, 9.17) is 14.0 Å². The highest BCUT2D eigenvalue weighted by Crippen LogP contribution is 2.20. The molecule has 0 saturated heterocycles.